The van der Waals surface area contributed by atoms with Crippen molar-refractivity contribution in [2.24, 2.45) is 5.73 Å². The van der Waals surface area contributed by atoms with Crippen LogP contribution < -0.4 is 10.6 Å². The van der Waals surface area contributed by atoms with Crippen molar-refractivity contribution in [3.8, 4) is 22.9 Å². The van der Waals surface area contributed by atoms with Crippen LogP contribution in [0.25, 0.3) is 22.9 Å². The summed E-state index contributed by atoms with van der Waals surface area (Å²) in [5.41, 5.74) is 5.42. The minimum absolute atomic E-state index is 0.0214. The number of nitrogens with zero attached hydrogens (tertiary/aromatic N) is 6. The van der Waals surface area contributed by atoms with Crippen LogP contribution in [0, 0.1) is 11.6 Å². The lowest BCUT2D eigenvalue weighted by Gasteiger charge is -2.36. The number of hydrogen-bond acceptors (Lipinski definition) is 8. The highest BCUT2D eigenvalue weighted by Crippen LogP contribution is 2.29. The maximum Gasteiger partial charge on any atom is 0.249 e. The van der Waals surface area contributed by atoms with Crippen LogP contribution in [0.4, 0.5) is 14.6 Å². The molecule has 1 aromatic carbocycles. The standard InChI is InChI=1S/C23H21F2N7O3/c24-15-4-2-1-3-14(15)13-32-19(17-5-10-35-30-17)11-18(29-32)20-27-12-16(25)21(28-20)31-8-6-23(34,7-9-31)22(26)33/h1-5,10-12,34H,6-9,13H2,(H2,26,33). The molecule has 0 saturated carbocycles. The fraction of sp³-hybridized carbons (Fsp3) is 0.261. The number of carbonyl (C=O) groups is 1. The summed E-state index contributed by atoms with van der Waals surface area (Å²) in [6, 6.07) is 9.65. The van der Waals surface area contributed by atoms with E-state index in [1.807, 2.05) is 0 Å². The fourth-order valence-corrected chi connectivity index (χ4v) is 4.02. The Morgan fingerprint density at radius 3 is 2.60 bits per heavy atom. The number of piperidine rings is 1. The van der Waals surface area contributed by atoms with Gasteiger partial charge in [-0.25, -0.2) is 18.7 Å². The Morgan fingerprint density at radius 1 is 1.14 bits per heavy atom. The zero-order valence-corrected chi connectivity index (χ0v) is 18.4. The van der Waals surface area contributed by atoms with Gasteiger partial charge in [0.05, 0.1) is 18.4 Å². The predicted molar refractivity (Wildman–Crippen MR) is 120 cm³/mol. The molecule has 1 saturated heterocycles. The van der Waals surface area contributed by atoms with E-state index in [2.05, 4.69) is 20.2 Å². The van der Waals surface area contributed by atoms with Crippen molar-refractivity contribution < 1.29 is 23.2 Å². The third kappa shape index (κ3) is 4.35. The molecule has 5 rings (SSSR count). The molecule has 4 aromatic rings. The highest BCUT2D eigenvalue weighted by atomic mass is 19.1. The molecule has 1 fully saturated rings. The molecular weight excluding hydrogens is 460 g/mol. The highest BCUT2D eigenvalue weighted by molar-refractivity contribution is 5.83. The second kappa shape index (κ2) is 8.87. The van der Waals surface area contributed by atoms with Crippen LogP contribution in [0.3, 0.4) is 0 Å². The summed E-state index contributed by atoms with van der Waals surface area (Å²) in [5, 5.41) is 18.8. The largest absolute Gasteiger partial charge is 0.380 e. The molecule has 0 bridgehead atoms. The molecule has 0 spiro atoms. The van der Waals surface area contributed by atoms with E-state index in [1.165, 1.54) is 12.3 Å². The monoisotopic (exact) mass is 481 g/mol. The number of aliphatic hydroxyl groups is 1. The average Bonchev–Trinajstić information content (AvgIpc) is 3.52. The maximum atomic E-state index is 14.7. The van der Waals surface area contributed by atoms with Gasteiger partial charge < -0.3 is 20.3 Å². The van der Waals surface area contributed by atoms with Gasteiger partial charge in [0.25, 0.3) is 0 Å². The van der Waals surface area contributed by atoms with E-state index in [-0.39, 0.29) is 49.9 Å². The lowest BCUT2D eigenvalue weighted by Crippen LogP contribution is -2.52. The van der Waals surface area contributed by atoms with Crippen molar-refractivity contribution >= 4 is 11.7 Å². The fourth-order valence-electron chi connectivity index (χ4n) is 4.02. The summed E-state index contributed by atoms with van der Waals surface area (Å²) in [5.74, 6) is -1.66. The minimum atomic E-state index is -1.62. The topological polar surface area (TPSA) is 136 Å². The van der Waals surface area contributed by atoms with Crippen molar-refractivity contribution in [3.05, 3.63) is 66.1 Å². The lowest BCUT2D eigenvalue weighted by molar-refractivity contribution is -0.138. The zero-order valence-electron chi connectivity index (χ0n) is 18.4. The van der Waals surface area contributed by atoms with Crippen molar-refractivity contribution in [1.82, 2.24) is 24.9 Å². The first kappa shape index (κ1) is 22.6. The quantitative estimate of drug-likeness (QED) is 0.428. The number of benzene rings is 1. The number of primary amides is 1. The molecule has 1 amide bonds. The van der Waals surface area contributed by atoms with Crippen molar-refractivity contribution in [3.63, 3.8) is 0 Å². The van der Waals surface area contributed by atoms with E-state index < -0.39 is 17.3 Å². The third-order valence-electron chi connectivity index (χ3n) is 6.06. The molecule has 0 unspecified atom stereocenters. The number of rotatable bonds is 6. The van der Waals surface area contributed by atoms with E-state index in [0.29, 0.717) is 22.6 Å². The van der Waals surface area contributed by atoms with E-state index >= 15 is 0 Å². The molecule has 0 atom stereocenters. The van der Waals surface area contributed by atoms with E-state index in [4.69, 9.17) is 10.3 Å². The van der Waals surface area contributed by atoms with Crippen LogP contribution >= 0.6 is 0 Å². The predicted octanol–water partition coefficient (Wildman–Crippen LogP) is 2.14. The lowest BCUT2D eigenvalue weighted by atomic mass is 9.91. The summed E-state index contributed by atoms with van der Waals surface area (Å²) in [6.07, 6.45) is 2.55. The van der Waals surface area contributed by atoms with Gasteiger partial charge in [-0.05, 0) is 12.1 Å². The molecule has 1 aliphatic heterocycles. The van der Waals surface area contributed by atoms with E-state index in [0.717, 1.165) is 6.20 Å². The summed E-state index contributed by atoms with van der Waals surface area (Å²) >= 11 is 0. The van der Waals surface area contributed by atoms with Gasteiger partial charge in [0.2, 0.25) is 5.91 Å². The Morgan fingerprint density at radius 2 is 1.91 bits per heavy atom. The Hall–Kier alpha value is -4.19. The third-order valence-corrected chi connectivity index (χ3v) is 6.06. The van der Waals surface area contributed by atoms with Crippen LogP contribution in [0.15, 0.2) is 53.4 Å². The number of amides is 1. The van der Waals surface area contributed by atoms with Gasteiger partial charge >= 0.3 is 0 Å². The van der Waals surface area contributed by atoms with Crippen LogP contribution in [0.5, 0.6) is 0 Å². The first-order chi connectivity index (χ1) is 16.8. The zero-order chi connectivity index (χ0) is 24.6. The molecule has 3 N–H and O–H groups in total. The van der Waals surface area contributed by atoms with Gasteiger partial charge in [-0.2, -0.15) is 5.10 Å². The molecule has 35 heavy (non-hydrogen) atoms. The first-order valence-corrected chi connectivity index (χ1v) is 10.9. The second-order valence-corrected chi connectivity index (χ2v) is 8.30. The minimum Gasteiger partial charge on any atom is -0.380 e. The normalized spacial score (nSPS) is 15.3. The Bertz CT molecular complexity index is 1370. The van der Waals surface area contributed by atoms with Gasteiger partial charge in [-0.1, -0.05) is 23.4 Å². The number of carbonyl (C=O) groups excluding carboxylic acids is 1. The van der Waals surface area contributed by atoms with Gasteiger partial charge in [0.1, 0.15) is 29.1 Å². The second-order valence-electron chi connectivity index (χ2n) is 8.30. The number of anilines is 1. The van der Waals surface area contributed by atoms with E-state index in [1.54, 1.807) is 39.9 Å². The summed E-state index contributed by atoms with van der Waals surface area (Å²) in [6.45, 7) is 0.470. The molecule has 12 heteroatoms. The Balaban J connectivity index is 1.48. The molecule has 180 valence electrons. The first-order valence-electron chi connectivity index (χ1n) is 10.9. The Kier molecular flexibility index (Phi) is 5.73. The molecule has 4 heterocycles. The molecule has 10 nitrogen and oxygen atoms in total. The summed E-state index contributed by atoms with van der Waals surface area (Å²) < 4.78 is 35.4. The van der Waals surface area contributed by atoms with Crippen molar-refractivity contribution in [2.45, 2.75) is 25.0 Å². The Labute approximate surface area is 198 Å². The van der Waals surface area contributed by atoms with Crippen LogP contribution in [0.2, 0.25) is 0 Å². The van der Waals surface area contributed by atoms with Crippen molar-refractivity contribution in [2.75, 3.05) is 18.0 Å². The van der Waals surface area contributed by atoms with Crippen LogP contribution in [-0.2, 0) is 11.3 Å². The number of aromatic nitrogens is 5. The van der Waals surface area contributed by atoms with Gasteiger partial charge in [0, 0.05) is 37.6 Å². The number of halogens is 2. The summed E-state index contributed by atoms with van der Waals surface area (Å²) in [7, 11) is 0. The van der Waals surface area contributed by atoms with Gasteiger partial charge in [0.15, 0.2) is 17.5 Å². The van der Waals surface area contributed by atoms with Gasteiger partial charge in [-0.3, -0.25) is 9.48 Å². The SMILES string of the molecule is NC(=O)C1(O)CCN(c2nc(-c3cc(-c4ccon4)n(Cc4ccccc4F)n3)ncc2F)CC1. The van der Waals surface area contributed by atoms with E-state index in [9.17, 15) is 18.7 Å². The average molecular weight is 481 g/mol. The maximum absolute atomic E-state index is 14.7. The summed E-state index contributed by atoms with van der Waals surface area (Å²) in [4.78, 5) is 21.6. The van der Waals surface area contributed by atoms with Crippen LogP contribution in [0.1, 0.15) is 18.4 Å². The molecular formula is C23H21F2N7O3. The molecule has 0 radical (unpaired) electrons. The molecule has 3 aromatic heterocycles. The number of nitrogens with two attached hydrogens (primary N) is 1. The number of hydrogen-bond donors (Lipinski definition) is 2. The molecule has 1 aliphatic rings. The van der Waals surface area contributed by atoms with Crippen molar-refractivity contribution in [1.29, 1.82) is 0 Å². The smallest absolute Gasteiger partial charge is 0.249 e. The van der Waals surface area contributed by atoms with Crippen LogP contribution in [-0.4, -0.2) is 54.6 Å². The molecule has 0 aliphatic carbocycles. The highest BCUT2D eigenvalue weighted by Gasteiger charge is 2.38. The van der Waals surface area contributed by atoms with Gasteiger partial charge in [-0.15, -0.1) is 0 Å².